The Bertz CT molecular complexity index is 1050. The summed E-state index contributed by atoms with van der Waals surface area (Å²) in [4.78, 5) is 23.9. The van der Waals surface area contributed by atoms with Crippen LogP contribution in [-0.4, -0.2) is 17.0 Å². The molecule has 0 aliphatic heterocycles. The number of ether oxygens (including phenoxy) is 1. The number of aromatic carboxylic acids is 1. The number of hydrogen-bond acceptors (Lipinski definition) is 3. The molecule has 0 aromatic heterocycles. The summed E-state index contributed by atoms with van der Waals surface area (Å²) in [7, 11) is 0. The minimum Gasteiger partial charge on any atom is -0.478 e. The van der Waals surface area contributed by atoms with Gasteiger partial charge in [-0.05, 0) is 55.8 Å². The summed E-state index contributed by atoms with van der Waals surface area (Å²) in [5, 5.41) is 11.9. The zero-order valence-corrected chi connectivity index (χ0v) is 16.0. The van der Waals surface area contributed by atoms with Gasteiger partial charge in [0.1, 0.15) is 17.3 Å². The first kappa shape index (κ1) is 20.1. The molecule has 1 amide bonds. The molecule has 0 saturated carbocycles. The van der Waals surface area contributed by atoms with Crippen LogP contribution in [0.5, 0.6) is 11.5 Å². The SMILES string of the molecule is Cc1ccc(Oc2cccc(F)c2)c(C(=O)N[C@@H](C)c2ccc(C(=O)O)cc2)c1. The molecule has 1 atom stereocenters. The van der Waals surface area contributed by atoms with Crippen molar-refractivity contribution in [1.29, 1.82) is 0 Å². The van der Waals surface area contributed by atoms with Crippen LogP contribution in [0.25, 0.3) is 0 Å². The lowest BCUT2D eigenvalue weighted by molar-refractivity contribution is 0.0696. The highest BCUT2D eigenvalue weighted by molar-refractivity contribution is 5.97. The van der Waals surface area contributed by atoms with Gasteiger partial charge < -0.3 is 15.2 Å². The lowest BCUT2D eigenvalue weighted by Gasteiger charge is -2.17. The predicted octanol–water partition coefficient (Wildman–Crippen LogP) is 5.12. The first-order valence-corrected chi connectivity index (χ1v) is 9.01. The molecule has 3 aromatic carbocycles. The Balaban J connectivity index is 1.80. The van der Waals surface area contributed by atoms with Gasteiger partial charge in [-0.25, -0.2) is 9.18 Å². The molecule has 148 valence electrons. The van der Waals surface area contributed by atoms with Crippen molar-refractivity contribution < 1.29 is 23.8 Å². The highest BCUT2D eigenvalue weighted by atomic mass is 19.1. The highest BCUT2D eigenvalue weighted by Gasteiger charge is 2.17. The summed E-state index contributed by atoms with van der Waals surface area (Å²) in [5.41, 5.74) is 2.14. The van der Waals surface area contributed by atoms with E-state index < -0.39 is 11.8 Å². The van der Waals surface area contributed by atoms with Crippen molar-refractivity contribution in [3.05, 3.63) is 94.8 Å². The molecule has 0 bridgehead atoms. The molecule has 0 unspecified atom stereocenters. The average Bonchev–Trinajstić information content (AvgIpc) is 2.69. The van der Waals surface area contributed by atoms with Gasteiger partial charge in [-0.1, -0.05) is 29.8 Å². The summed E-state index contributed by atoms with van der Waals surface area (Å²) in [5.74, 6) is -1.19. The van der Waals surface area contributed by atoms with Crippen LogP contribution < -0.4 is 10.1 Å². The van der Waals surface area contributed by atoms with E-state index in [0.29, 0.717) is 17.1 Å². The van der Waals surface area contributed by atoms with Gasteiger partial charge in [-0.15, -0.1) is 0 Å². The Morgan fingerprint density at radius 3 is 2.41 bits per heavy atom. The molecule has 3 rings (SSSR count). The van der Waals surface area contributed by atoms with Crippen LogP contribution in [-0.2, 0) is 0 Å². The van der Waals surface area contributed by atoms with E-state index in [9.17, 15) is 14.0 Å². The lowest BCUT2D eigenvalue weighted by atomic mass is 10.0. The number of carbonyl (C=O) groups is 2. The van der Waals surface area contributed by atoms with Crippen molar-refractivity contribution in [2.75, 3.05) is 0 Å². The zero-order chi connectivity index (χ0) is 21.0. The predicted molar refractivity (Wildman–Crippen MR) is 107 cm³/mol. The molecule has 0 aliphatic carbocycles. The van der Waals surface area contributed by atoms with Gasteiger partial charge in [0.25, 0.3) is 5.91 Å². The first-order valence-electron chi connectivity index (χ1n) is 9.01. The first-order chi connectivity index (χ1) is 13.8. The molecule has 0 spiro atoms. The van der Waals surface area contributed by atoms with Crippen LogP contribution in [0.15, 0.2) is 66.7 Å². The molecular formula is C23H20FNO4. The molecule has 29 heavy (non-hydrogen) atoms. The Hall–Kier alpha value is -3.67. The number of carbonyl (C=O) groups excluding carboxylic acids is 1. The van der Waals surface area contributed by atoms with Gasteiger partial charge in [0, 0.05) is 6.07 Å². The molecule has 0 fully saturated rings. The molecule has 3 aromatic rings. The van der Waals surface area contributed by atoms with Crippen LogP contribution in [0, 0.1) is 12.7 Å². The van der Waals surface area contributed by atoms with Crippen molar-refractivity contribution in [3.8, 4) is 11.5 Å². The molecule has 5 nitrogen and oxygen atoms in total. The van der Waals surface area contributed by atoms with Gasteiger partial charge >= 0.3 is 5.97 Å². The molecule has 0 aliphatic rings. The molecule has 6 heteroatoms. The number of carboxylic acids is 1. The van der Waals surface area contributed by atoms with Crippen LogP contribution in [0.2, 0.25) is 0 Å². The second-order valence-electron chi connectivity index (χ2n) is 6.68. The van der Waals surface area contributed by atoms with E-state index in [1.165, 1.54) is 30.3 Å². The Kier molecular flexibility index (Phi) is 5.93. The Morgan fingerprint density at radius 1 is 1.03 bits per heavy atom. The number of benzene rings is 3. The quantitative estimate of drug-likeness (QED) is 0.610. The van der Waals surface area contributed by atoms with Crippen molar-refractivity contribution in [2.24, 2.45) is 0 Å². The molecular weight excluding hydrogens is 373 g/mol. The monoisotopic (exact) mass is 393 g/mol. The van der Waals surface area contributed by atoms with Crippen LogP contribution >= 0.6 is 0 Å². The van der Waals surface area contributed by atoms with Crippen molar-refractivity contribution in [3.63, 3.8) is 0 Å². The van der Waals surface area contributed by atoms with E-state index in [2.05, 4.69) is 5.32 Å². The normalized spacial score (nSPS) is 11.6. The molecule has 0 radical (unpaired) electrons. The van der Waals surface area contributed by atoms with Crippen LogP contribution in [0.3, 0.4) is 0 Å². The van der Waals surface area contributed by atoms with E-state index in [-0.39, 0.29) is 17.5 Å². The number of hydrogen-bond donors (Lipinski definition) is 2. The van der Waals surface area contributed by atoms with Gasteiger partial charge in [0.15, 0.2) is 0 Å². The van der Waals surface area contributed by atoms with Gasteiger partial charge in [0.05, 0.1) is 17.2 Å². The second kappa shape index (κ2) is 8.56. The zero-order valence-electron chi connectivity index (χ0n) is 16.0. The van der Waals surface area contributed by atoms with Crippen molar-refractivity contribution in [1.82, 2.24) is 5.32 Å². The summed E-state index contributed by atoms with van der Waals surface area (Å²) in [6, 6.07) is 16.8. The number of aryl methyl sites for hydroxylation is 1. The number of nitrogens with one attached hydrogen (secondary N) is 1. The maximum Gasteiger partial charge on any atom is 0.335 e. The standard InChI is InChI=1S/C23H20FNO4/c1-14-6-11-21(29-19-5-3-4-18(24)13-19)20(12-14)22(26)25-15(2)16-7-9-17(10-8-16)23(27)28/h3-13,15H,1-2H3,(H,25,26)(H,27,28)/t15-/m0/s1. The minimum atomic E-state index is -1.01. The summed E-state index contributed by atoms with van der Waals surface area (Å²) >= 11 is 0. The summed E-state index contributed by atoms with van der Waals surface area (Å²) in [6.45, 7) is 3.66. The Morgan fingerprint density at radius 2 is 1.76 bits per heavy atom. The summed E-state index contributed by atoms with van der Waals surface area (Å²) in [6.07, 6.45) is 0. The second-order valence-corrected chi connectivity index (χ2v) is 6.68. The van der Waals surface area contributed by atoms with Crippen molar-refractivity contribution >= 4 is 11.9 Å². The molecule has 0 saturated heterocycles. The van der Waals surface area contributed by atoms with Gasteiger partial charge in [0.2, 0.25) is 0 Å². The number of halogens is 1. The van der Waals surface area contributed by atoms with Gasteiger partial charge in [-0.2, -0.15) is 0 Å². The molecule has 2 N–H and O–H groups in total. The third-order valence-electron chi connectivity index (χ3n) is 4.41. The van der Waals surface area contributed by atoms with E-state index in [1.807, 2.05) is 6.92 Å². The van der Waals surface area contributed by atoms with Gasteiger partial charge in [-0.3, -0.25) is 4.79 Å². The fourth-order valence-electron chi connectivity index (χ4n) is 2.84. The average molecular weight is 393 g/mol. The van der Waals surface area contributed by atoms with Crippen molar-refractivity contribution in [2.45, 2.75) is 19.9 Å². The fourth-order valence-corrected chi connectivity index (χ4v) is 2.84. The number of rotatable bonds is 6. The smallest absolute Gasteiger partial charge is 0.335 e. The third-order valence-corrected chi connectivity index (χ3v) is 4.41. The maximum atomic E-state index is 13.4. The third kappa shape index (κ3) is 4.99. The lowest BCUT2D eigenvalue weighted by Crippen LogP contribution is -2.27. The largest absolute Gasteiger partial charge is 0.478 e. The van der Waals surface area contributed by atoms with E-state index in [4.69, 9.17) is 9.84 Å². The number of amides is 1. The van der Waals surface area contributed by atoms with Crippen LogP contribution in [0.4, 0.5) is 4.39 Å². The molecule has 0 heterocycles. The van der Waals surface area contributed by atoms with E-state index >= 15 is 0 Å². The van der Waals surface area contributed by atoms with E-state index in [1.54, 1.807) is 43.3 Å². The summed E-state index contributed by atoms with van der Waals surface area (Å²) < 4.78 is 19.2. The topological polar surface area (TPSA) is 75.6 Å². The highest BCUT2D eigenvalue weighted by Crippen LogP contribution is 2.27. The number of carboxylic acid groups (broad SMARTS) is 1. The minimum absolute atomic E-state index is 0.178. The Labute approximate surface area is 167 Å². The fraction of sp³-hybridized carbons (Fsp3) is 0.130. The van der Waals surface area contributed by atoms with Crippen LogP contribution in [0.1, 0.15) is 44.8 Å². The van der Waals surface area contributed by atoms with E-state index in [0.717, 1.165) is 11.1 Å². The maximum absolute atomic E-state index is 13.4.